The van der Waals surface area contributed by atoms with Crippen LogP contribution in [0.15, 0.2) is 36.5 Å². The molecule has 3 aliphatic rings. The molecule has 4 N–H and O–H groups in total. The number of nitrogens with one attached hydrogen (secondary N) is 4. The van der Waals surface area contributed by atoms with Crippen LogP contribution < -0.4 is 21.3 Å². The molecule has 1 unspecified atom stereocenters. The van der Waals surface area contributed by atoms with Gasteiger partial charge in [0.05, 0.1) is 12.0 Å². The predicted molar refractivity (Wildman–Crippen MR) is 116 cm³/mol. The highest BCUT2D eigenvalue weighted by atomic mass is 16.2. The summed E-state index contributed by atoms with van der Waals surface area (Å²) in [4.78, 5) is 41.7. The van der Waals surface area contributed by atoms with E-state index in [1.54, 1.807) is 6.20 Å². The Balaban J connectivity index is 1.23. The molecule has 1 aromatic carbocycles. The molecule has 1 aromatic heterocycles. The first-order valence-corrected chi connectivity index (χ1v) is 10.7. The van der Waals surface area contributed by atoms with Gasteiger partial charge in [0.1, 0.15) is 5.82 Å². The van der Waals surface area contributed by atoms with Crippen molar-refractivity contribution in [3.05, 3.63) is 53.2 Å². The summed E-state index contributed by atoms with van der Waals surface area (Å²) in [6.07, 6.45) is 4.46. The summed E-state index contributed by atoms with van der Waals surface area (Å²) < 4.78 is 0. The van der Waals surface area contributed by atoms with Crippen LogP contribution in [0.2, 0.25) is 0 Å². The predicted octanol–water partition coefficient (Wildman–Crippen LogP) is 1.12. The average molecular weight is 419 g/mol. The van der Waals surface area contributed by atoms with Crippen LogP contribution in [0.4, 0.5) is 11.5 Å². The third kappa shape index (κ3) is 3.57. The Bertz CT molecular complexity index is 1060. The molecule has 0 saturated carbocycles. The second-order valence-electron chi connectivity index (χ2n) is 8.56. The molecule has 3 heterocycles. The number of aromatic nitrogens is 1. The fourth-order valence-corrected chi connectivity index (χ4v) is 4.95. The number of carbonyl (C=O) groups excluding carboxylic acids is 3. The van der Waals surface area contributed by atoms with Crippen molar-refractivity contribution in [1.82, 2.24) is 15.6 Å². The van der Waals surface area contributed by atoms with E-state index in [2.05, 4.69) is 26.3 Å². The molecule has 8 heteroatoms. The lowest BCUT2D eigenvalue weighted by molar-refractivity contribution is -0.127. The fourth-order valence-electron chi connectivity index (χ4n) is 4.95. The van der Waals surface area contributed by atoms with Gasteiger partial charge in [-0.15, -0.1) is 0 Å². The number of pyridine rings is 1. The Morgan fingerprint density at radius 1 is 1.13 bits per heavy atom. The van der Waals surface area contributed by atoms with Crippen LogP contribution in [0.5, 0.6) is 0 Å². The second kappa shape index (κ2) is 7.77. The molecular formula is C23H25N5O3. The van der Waals surface area contributed by atoms with E-state index < -0.39 is 5.41 Å². The highest BCUT2D eigenvalue weighted by Gasteiger charge is 2.51. The van der Waals surface area contributed by atoms with Crippen LogP contribution in [-0.4, -0.2) is 42.3 Å². The van der Waals surface area contributed by atoms with E-state index >= 15 is 0 Å². The molecular weight excluding hydrogens is 394 g/mol. The Morgan fingerprint density at radius 3 is 2.77 bits per heavy atom. The van der Waals surface area contributed by atoms with E-state index in [0.29, 0.717) is 24.3 Å². The minimum Gasteiger partial charge on any atom is -0.347 e. The SMILES string of the molecule is O=C(CNC(=O)C1CCNCC1)Nc1ccc2c(c1)CC1(C2)C(=O)Nc2ncccc21. The molecule has 2 aliphatic heterocycles. The molecule has 1 aliphatic carbocycles. The van der Waals surface area contributed by atoms with E-state index in [1.807, 2.05) is 30.3 Å². The summed E-state index contributed by atoms with van der Waals surface area (Å²) in [5.41, 5.74) is 3.12. The molecule has 1 spiro atoms. The number of amides is 3. The van der Waals surface area contributed by atoms with Gasteiger partial charge in [0.2, 0.25) is 17.7 Å². The smallest absolute Gasteiger partial charge is 0.243 e. The van der Waals surface area contributed by atoms with Gasteiger partial charge in [-0.1, -0.05) is 12.1 Å². The van der Waals surface area contributed by atoms with Crippen molar-refractivity contribution in [3.8, 4) is 0 Å². The summed E-state index contributed by atoms with van der Waals surface area (Å²) in [6.45, 7) is 1.62. The second-order valence-corrected chi connectivity index (χ2v) is 8.56. The van der Waals surface area contributed by atoms with Crippen molar-refractivity contribution in [2.45, 2.75) is 31.1 Å². The van der Waals surface area contributed by atoms with Crippen molar-refractivity contribution in [2.75, 3.05) is 30.3 Å². The van der Waals surface area contributed by atoms with Gasteiger partial charge in [-0.05, 0) is 68.1 Å². The molecule has 2 aromatic rings. The number of anilines is 2. The van der Waals surface area contributed by atoms with Gasteiger partial charge in [0, 0.05) is 23.4 Å². The van der Waals surface area contributed by atoms with Crippen LogP contribution in [0.1, 0.15) is 29.5 Å². The van der Waals surface area contributed by atoms with Crippen molar-refractivity contribution < 1.29 is 14.4 Å². The number of fused-ring (bicyclic) bond motifs is 3. The topological polar surface area (TPSA) is 112 Å². The average Bonchev–Trinajstić information content (AvgIpc) is 3.30. The van der Waals surface area contributed by atoms with E-state index in [9.17, 15) is 14.4 Å². The monoisotopic (exact) mass is 419 g/mol. The van der Waals surface area contributed by atoms with Gasteiger partial charge in [-0.2, -0.15) is 0 Å². The molecule has 1 atom stereocenters. The molecule has 31 heavy (non-hydrogen) atoms. The number of nitrogens with zero attached hydrogens (tertiary/aromatic N) is 1. The molecule has 160 valence electrons. The lowest BCUT2D eigenvalue weighted by atomic mass is 9.79. The lowest BCUT2D eigenvalue weighted by Gasteiger charge is -2.21. The van der Waals surface area contributed by atoms with E-state index in [4.69, 9.17) is 0 Å². The van der Waals surface area contributed by atoms with Crippen LogP contribution >= 0.6 is 0 Å². The molecule has 8 nitrogen and oxygen atoms in total. The first kappa shape index (κ1) is 19.7. The zero-order chi connectivity index (χ0) is 21.4. The van der Waals surface area contributed by atoms with Crippen molar-refractivity contribution in [2.24, 2.45) is 5.92 Å². The molecule has 0 bridgehead atoms. The first-order chi connectivity index (χ1) is 15.0. The minimum absolute atomic E-state index is 0.0244. The normalized spacial score (nSPS) is 22.0. The van der Waals surface area contributed by atoms with Crippen LogP contribution in [0, 0.1) is 5.92 Å². The van der Waals surface area contributed by atoms with Gasteiger partial charge in [0.25, 0.3) is 0 Å². The van der Waals surface area contributed by atoms with Gasteiger partial charge in [-0.3, -0.25) is 14.4 Å². The van der Waals surface area contributed by atoms with Crippen LogP contribution in [0.3, 0.4) is 0 Å². The highest BCUT2D eigenvalue weighted by Crippen LogP contribution is 2.46. The quantitative estimate of drug-likeness (QED) is 0.594. The van der Waals surface area contributed by atoms with Gasteiger partial charge in [-0.25, -0.2) is 4.98 Å². The highest BCUT2D eigenvalue weighted by molar-refractivity contribution is 6.06. The van der Waals surface area contributed by atoms with Gasteiger partial charge < -0.3 is 21.3 Å². The summed E-state index contributed by atoms with van der Waals surface area (Å²) in [7, 11) is 0. The van der Waals surface area contributed by atoms with Gasteiger partial charge in [0.15, 0.2) is 0 Å². The van der Waals surface area contributed by atoms with Crippen molar-refractivity contribution in [1.29, 1.82) is 0 Å². The van der Waals surface area contributed by atoms with E-state index in [1.165, 1.54) is 0 Å². The minimum atomic E-state index is -0.628. The summed E-state index contributed by atoms with van der Waals surface area (Å²) in [6, 6.07) is 9.56. The third-order valence-corrected chi connectivity index (χ3v) is 6.60. The Morgan fingerprint density at radius 2 is 1.94 bits per heavy atom. The molecule has 1 fully saturated rings. The van der Waals surface area contributed by atoms with Gasteiger partial charge >= 0.3 is 0 Å². The largest absolute Gasteiger partial charge is 0.347 e. The number of hydrogen-bond acceptors (Lipinski definition) is 5. The number of benzene rings is 1. The van der Waals surface area contributed by atoms with Crippen LogP contribution in [0.25, 0.3) is 0 Å². The third-order valence-electron chi connectivity index (χ3n) is 6.60. The maximum absolute atomic E-state index is 12.8. The molecule has 0 radical (unpaired) electrons. The maximum atomic E-state index is 12.8. The number of carbonyl (C=O) groups is 3. The Labute approximate surface area is 180 Å². The van der Waals surface area contributed by atoms with Crippen LogP contribution in [-0.2, 0) is 32.6 Å². The summed E-state index contributed by atoms with van der Waals surface area (Å²) in [5.74, 6) is 0.261. The number of rotatable bonds is 4. The number of piperidine rings is 1. The van der Waals surface area contributed by atoms with E-state index in [-0.39, 0.29) is 30.2 Å². The molecule has 5 rings (SSSR count). The summed E-state index contributed by atoms with van der Waals surface area (Å²) in [5, 5.41) is 11.7. The fraction of sp³-hybridized carbons (Fsp3) is 0.391. The first-order valence-electron chi connectivity index (χ1n) is 10.7. The zero-order valence-corrected chi connectivity index (χ0v) is 17.2. The summed E-state index contributed by atoms with van der Waals surface area (Å²) >= 11 is 0. The van der Waals surface area contributed by atoms with Crippen molar-refractivity contribution in [3.63, 3.8) is 0 Å². The maximum Gasteiger partial charge on any atom is 0.243 e. The lowest BCUT2D eigenvalue weighted by Crippen LogP contribution is -2.41. The van der Waals surface area contributed by atoms with E-state index in [0.717, 1.165) is 42.6 Å². The molecule has 1 saturated heterocycles. The number of hydrogen-bond donors (Lipinski definition) is 4. The Hall–Kier alpha value is -3.26. The Kier molecular flexibility index (Phi) is 4.94. The standard InChI is InChI=1S/C23H25N5O3/c29-19(13-26-21(30)14-5-8-24-9-6-14)27-17-4-3-15-11-23(12-16(15)10-17)18-2-1-7-25-20(18)28-22(23)31/h1-4,7,10,14,24H,5-6,8-9,11-13H2,(H,26,30)(H,27,29)(H,25,28,31). The van der Waals surface area contributed by atoms with Crippen molar-refractivity contribution >= 4 is 29.2 Å². The molecule has 3 amide bonds. The zero-order valence-electron chi connectivity index (χ0n) is 17.2.